The van der Waals surface area contributed by atoms with Crippen LogP contribution in [0.2, 0.25) is 0 Å². The fourth-order valence-electron chi connectivity index (χ4n) is 3.72. The molecule has 4 N–H and O–H groups in total. The van der Waals surface area contributed by atoms with E-state index >= 15 is 0 Å². The second-order valence-corrected chi connectivity index (χ2v) is 9.56. The van der Waals surface area contributed by atoms with Crippen LogP contribution < -0.4 is 10.1 Å². The second kappa shape index (κ2) is 12.7. The number of carbonyl (C=O) groups is 1. The van der Waals surface area contributed by atoms with Gasteiger partial charge in [-0.2, -0.15) is 8.42 Å². The third kappa shape index (κ3) is 8.71. The van der Waals surface area contributed by atoms with Crippen LogP contribution in [0.25, 0.3) is 10.9 Å². The molecule has 0 spiro atoms. The Morgan fingerprint density at radius 1 is 1.11 bits per heavy atom. The van der Waals surface area contributed by atoms with Crippen molar-refractivity contribution in [1.82, 2.24) is 9.97 Å². The number of carboxylic acid groups (broad SMARTS) is 1. The average Bonchev–Trinajstić information content (AvgIpc) is 3.25. The van der Waals surface area contributed by atoms with Crippen LogP contribution in [0.15, 0.2) is 79.1 Å². The van der Waals surface area contributed by atoms with Crippen LogP contribution in [0.3, 0.4) is 0 Å². The summed E-state index contributed by atoms with van der Waals surface area (Å²) in [4.78, 5) is 19.0. The maximum atomic E-state index is 11.5. The quantitative estimate of drug-likeness (QED) is 0.179. The Morgan fingerprint density at radius 2 is 1.83 bits per heavy atom. The van der Waals surface area contributed by atoms with Gasteiger partial charge in [-0.3, -0.25) is 9.35 Å². The summed E-state index contributed by atoms with van der Waals surface area (Å²) in [6.45, 7) is 1.37. The van der Waals surface area contributed by atoms with Crippen molar-refractivity contribution in [3.05, 3.63) is 90.3 Å². The van der Waals surface area contributed by atoms with Gasteiger partial charge in [0, 0.05) is 41.8 Å². The van der Waals surface area contributed by atoms with E-state index in [0.717, 1.165) is 46.6 Å². The molecule has 36 heavy (non-hydrogen) atoms. The molecule has 190 valence electrons. The van der Waals surface area contributed by atoms with E-state index < -0.39 is 16.1 Å². The number of rotatable bonds is 10. The summed E-state index contributed by atoms with van der Waals surface area (Å²) in [6.07, 6.45) is 5.27. The van der Waals surface area contributed by atoms with Gasteiger partial charge in [-0.1, -0.05) is 36.4 Å². The highest BCUT2D eigenvalue weighted by Gasteiger charge is 2.21. The molecule has 0 aliphatic heterocycles. The Balaban J connectivity index is 0.000000658. The molecule has 4 rings (SSSR count). The molecule has 0 bridgehead atoms. The lowest BCUT2D eigenvalue weighted by molar-refractivity contribution is -0.137. The number of aromatic amines is 1. The number of carboxylic acids is 1. The maximum Gasteiger partial charge on any atom is 0.304 e. The normalized spacial score (nSPS) is 11.8. The van der Waals surface area contributed by atoms with E-state index in [-0.39, 0.29) is 12.3 Å². The molecule has 0 saturated carbocycles. The average molecular weight is 512 g/mol. The lowest BCUT2D eigenvalue weighted by atomic mass is 9.88. The molecule has 0 aliphatic rings. The summed E-state index contributed by atoms with van der Waals surface area (Å²) in [6, 6.07) is 21.4. The van der Waals surface area contributed by atoms with Crippen molar-refractivity contribution in [2.75, 3.05) is 24.7 Å². The number of ether oxygens (including phenoxy) is 1. The maximum absolute atomic E-state index is 11.5. The van der Waals surface area contributed by atoms with Crippen molar-refractivity contribution >= 4 is 32.8 Å². The third-order valence-electron chi connectivity index (χ3n) is 5.20. The minimum atomic E-state index is -3.67. The molecular weight excluding hydrogens is 482 g/mol. The first-order chi connectivity index (χ1) is 17.2. The van der Waals surface area contributed by atoms with Crippen LogP contribution in [0.5, 0.6) is 5.75 Å². The van der Waals surface area contributed by atoms with E-state index in [4.69, 9.17) is 9.29 Å². The molecule has 2 heterocycles. The van der Waals surface area contributed by atoms with Gasteiger partial charge in [0.1, 0.15) is 11.6 Å². The Kier molecular flexibility index (Phi) is 9.43. The summed E-state index contributed by atoms with van der Waals surface area (Å²) < 4.78 is 31.8. The Morgan fingerprint density at radius 3 is 2.50 bits per heavy atom. The van der Waals surface area contributed by atoms with Crippen LogP contribution >= 0.6 is 0 Å². The van der Waals surface area contributed by atoms with Crippen LogP contribution in [0.1, 0.15) is 29.9 Å². The number of aromatic nitrogens is 2. The molecule has 0 aliphatic carbocycles. The van der Waals surface area contributed by atoms with Crippen molar-refractivity contribution in [1.29, 1.82) is 0 Å². The smallest absolute Gasteiger partial charge is 0.304 e. The van der Waals surface area contributed by atoms with Crippen LogP contribution in [-0.2, 0) is 14.9 Å². The van der Waals surface area contributed by atoms with Gasteiger partial charge in [0.25, 0.3) is 10.1 Å². The summed E-state index contributed by atoms with van der Waals surface area (Å²) in [7, 11) is -3.67. The Labute approximate surface area is 209 Å². The molecule has 10 heteroatoms. The summed E-state index contributed by atoms with van der Waals surface area (Å²) >= 11 is 0. The van der Waals surface area contributed by atoms with E-state index in [1.54, 1.807) is 6.20 Å². The topological polar surface area (TPSA) is 142 Å². The zero-order valence-corrected chi connectivity index (χ0v) is 20.6. The number of H-pyrrole nitrogens is 1. The van der Waals surface area contributed by atoms with Crippen molar-refractivity contribution in [3.63, 3.8) is 0 Å². The molecule has 9 nitrogen and oxygen atoms in total. The number of hydrogen-bond acceptors (Lipinski definition) is 6. The number of nitrogens with zero attached hydrogens (tertiary/aromatic N) is 1. The monoisotopic (exact) mass is 511 g/mol. The molecule has 2 aromatic carbocycles. The highest BCUT2D eigenvalue weighted by atomic mass is 32.2. The van der Waals surface area contributed by atoms with Gasteiger partial charge in [0.05, 0.1) is 19.3 Å². The Hall–Kier alpha value is -3.89. The van der Waals surface area contributed by atoms with Gasteiger partial charge in [-0.05, 0) is 41.8 Å². The third-order valence-corrected chi connectivity index (χ3v) is 5.20. The van der Waals surface area contributed by atoms with Crippen LogP contribution in [0.4, 0.5) is 5.82 Å². The standard InChI is InChI=1S/C25H25N3O3.CH4O3S/c29-25(30)16-21(18-7-2-1-3-8-18)22-17-28-23-15-19(10-11-20(22)23)31-14-6-13-27-24-9-4-5-12-26-24;1-5(2,3)4/h1-5,7-12,15,17,21,28H,6,13-14,16H2,(H,26,27)(H,29,30);1H3,(H,2,3,4)/t21-;/m0./s1. The first-order valence-electron chi connectivity index (χ1n) is 11.3. The van der Waals surface area contributed by atoms with Crippen molar-refractivity contribution in [2.45, 2.75) is 18.8 Å². The highest BCUT2D eigenvalue weighted by molar-refractivity contribution is 7.85. The SMILES string of the molecule is CS(=O)(=O)O.O=C(O)C[C@@H](c1ccccc1)c1c[nH]c2cc(OCCCNc3ccccn3)ccc12. The minimum Gasteiger partial charge on any atom is -0.493 e. The van der Waals surface area contributed by atoms with Gasteiger partial charge < -0.3 is 20.1 Å². The van der Waals surface area contributed by atoms with Gasteiger partial charge in [-0.15, -0.1) is 0 Å². The molecule has 0 amide bonds. The van der Waals surface area contributed by atoms with E-state index in [2.05, 4.69) is 15.3 Å². The molecule has 0 unspecified atom stereocenters. The molecule has 4 aromatic rings. The summed E-state index contributed by atoms with van der Waals surface area (Å²) in [5, 5.41) is 13.7. The van der Waals surface area contributed by atoms with Crippen LogP contribution in [-0.4, -0.2) is 53.4 Å². The lowest BCUT2D eigenvalue weighted by Crippen LogP contribution is -2.08. The van der Waals surface area contributed by atoms with Crippen molar-refractivity contribution in [3.8, 4) is 5.75 Å². The fraction of sp³-hybridized carbons (Fsp3) is 0.231. The highest BCUT2D eigenvalue weighted by Crippen LogP contribution is 2.34. The van der Waals surface area contributed by atoms with E-state index in [9.17, 15) is 18.3 Å². The molecule has 0 radical (unpaired) electrons. The number of pyridine rings is 1. The van der Waals surface area contributed by atoms with E-state index in [1.807, 2.05) is 72.9 Å². The predicted octanol–water partition coefficient (Wildman–Crippen LogP) is 4.55. The van der Waals surface area contributed by atoms with Crippen LogP contribution in [0, 0.1) is 0 Å². The number of hydrogen-bond donors (Lipinski definition) is 4. The zero-order valence-electron chi connectivity index (χ0n) is 19.8. The van der Waals surface area contributed by atoms with Crippen molar-refractivity contribution < 1.29 is 27.6 Å². The van der Waals surface area contributed by atoms with Crippen molar-refractivity contribution in [2.24, 2.45) is 0 Å². The second-order valence-electron chi connectivity index (χ2n) is 8.09. The van der Waals surface area contributed by atoms with Gasteiger partial charge in [0.2, 0.25) is 0 Å². The zero-order chi connectivity index (χ0) is 26.0. The predicted molar refractivity (Wildman–Crippen MR) is 139 cm³/mol. The van der Waals surface area contributed by atoms with Gasteiger partial charge in [-0.25, -0.2) is 4.98 Å². The first kappa shape index (κ1) is 26.7. The summed E-state index contributed by atoms with van der Waals surface area (Å²) in [5.41, 5.74) is 2.91. The van der Waals surface area contributed by atoms with E-state index in [1.165, 1.54) is 0 Å². The number of nitrogens with one attached hydrogen (secondary N) is 2. The van der Waals surface area contributed by atoms with Gasteiger partial charge >= 0.3 is 5.97 Å². The first-order valence-corrected chi connectivity index (χ1v) is 13.1. The van der Waals surface area contributed by atoms with E-state index in [0.29, 0.717) is 12.9 Å². The number of aliphatic carboxylic acids is 1. The number of anilines is 1. The fourth-order valence-corrected chi connectivity index (χ4v) is 3.72. The molecule has 2 aromatic heterocycles. The molecule has 0 fully saturated rings. The molecule has 1 atom stereocenters. The number of benzene rings is 2. The molecular formula is C26H29N3O6S. The summed E-state index contributed by atoms with van der Waals surface area (Å²) in [5.74, 6) is 0.616. The largest absolute Gasteiger partial charge is 0.493 e. The lowest BCUT2D eigenvalue weighted by Gasteiger charge is -2.15. The number of fused-ring (bicyclic) bond motifs is 1. The van der Waals surface area contributed by atoms with Gasteiger partial charge in [0.15, 0.2) is 0 Å². The minimum absolute atomic E-state index is 0.0402. The molecule has 0 saturated heterocycles. The Bertz CT molecular complexity index is 1350.